The molecule has 2 heterocycles. The predicted octanol–water partition coefficient (Wildman–Crippen LogP) is 3.24. The number of hydrogen-bond acceptors (Lipinski definition) is 7. The Labute approximate surface area is 168 Å². The molecule has 8 nitrogen and oxygen atoms in total. The first-order chi connectivity index (χ1) is 14.2. The number of rotatable bonds is 7. The molecule has 0 spiro atoms. The molecule has 2 aromatic rings. The van der Waals surface area contributed by atoms with Crippen LogP contribution in [0, 0.1) is 11.6 Å². The summed E-state index contributed by atoms with van der Waals surface area (Å²) in [4.78, 5) is 20.6. The summed E-state index contributed by atoms with van der Waals surface area (Å²) >= 11 is 0. The van der Waals surface area contributed by atoms with Crippen molar-refractivity contribution in [2.75, 3.05) is 16.8 Å². The molecular formula is C18H18F4N4O4. The maximum absolute atomic E-state index is 14.3. The zero-order chi connectivity index (χ0) is 22.0. The highest BCUT2D eigenvalue weighted by molar-refractivity contribution is 5.89. The minimum atomic E-state index is -3.08. The van der Waals surface area contributed by atoms with Crippen molar-refractivity contribution in [3.8, 4) is 5.75 Å². The van der Waals surface area contributed by atoms with Crippen LogP contribution < -0.4 is 15.0 Å². The Morgan fingerprint density at radius 3 is 2.67 bits per heavy atom. The molecular weight excluding hydrogens is 412 g/mol. The average Bonchev–Trinajstić information content (AvgIpc) is 3.04. The van der Waals surface area contributed by atoms with Gasteiger partial charge in [0.25, 0.3) is 0 Å². The number of hydrogen-bond donors (Lipinski definition) is 2. The van der Waals surface area contributed by atoms with E-state index in [1.54, 1.807) is 6.92 Å². The SMILES string of the molecule is C[C@H](Nc1ncc(F)c(N2C(=O)OCC2[C@@H](C)O)n1)c1ccc(OC(F)F)cc1F. The van der Waals surface area contributed by atoms with Crippen molar-refractivity contribution in [1.82, 2.24) is 9.97 Å². The summed E-state index contributed by atoms with van der Waals surface area (Å²) < 4.78 is 62.0. The quantitative estimate of drug-likeness (QED) is 0.651. The second-order valence-corrected chi connectivity index (χ2v) is 6.55. The number of aliphatic hydroxyl groups excluding tert-OH is 1. The monoisotopic (exact) mass is 430 g/mol. The number of nitrogens with zero attached hydrogens (tertiary/aromatic N) is 3. The number of aromatic nitrogens is 2. The smallest absolute Gasteiger partial charge is 0.416 e. The third-order valence-electron chi connectivity index (χ3n) is 4.43. The number of nitrogens with one attached hydrogen (secondary N) is 1. The third-order valence-corrected chi connectivity index (χ3v) is 4.43. The van der Waals surface area contributed by atoms with Crippen LogP contribution in [0.3, 0.4) is 0 Å². The van der Waals surface area contributed by atoms with E-state index in [0.717, 1.165) is 17.2 Å². The van der Waals surface area contributed by atoms with Gasteiger partial charge in [-0.15, -0.1) is 0 Å². The van der Waals surface area contributed by atoms with Gasteiger partial charge in [-0.1, -0.05) is 6.07 Å². The molecule has 1 fully saturated rings. The second kappa shape index (κ2) is 8.69. The average molecular weight is 430 g/mol. The highest BCUT2D eigenvalue weighted by Crippen LogP contribution is 2.28. The lowest BCUT2D eigenvalue weighted by atomic mass is 10.1. The van der Waals surface area contributed by atoms with Crippen LogP contribution in [-0.4, -0.2) is 46.5 Å². The number of carbonyl (C=O) groups excluding carboxylic acids is 1. The van der Waals surface area contributed by atoms with Crippen molar-refractivity contribution in [2.24, 2.45) is 0 Å². The minimum Gasteiger partial charge on any atom is -0.447 e. The standard InChI is InChI=1S/C18H18F4N4O4/c1-8(11-4-3-10(5-12(11)19)30-16(21)22)24-17-23-6-13(20)15(25-17)26-14(9(2)27)7-29-18(26)28/h3-6,8-9,14,16,27H,7H2,1-2H3,(H,23,24,25)/t8-,9+,14?/m0/s1. The molecule has 3 atom stereocenters. The lowest BCUT2D eigenvalue weighted by Gasteiger charge is -2.23. The fraction of sp³-hybridized carbons (Fsp3) is 0.389. The molecule has 30 heavy (non-hydrogen) atoms. The predicted molar refractivity (Wildman–Crippen MR) is 96.4 cm³/mol. The van der Waals surface area contributed by atoms with Gasteiger partial charge in [0.15, 0.2) is 11.6 Å². The van der Waals surface area contributed by atoms with E-state index in [1.807, 2.05) is 0 Å². The van der Waals surface area contributed by atoms with Gasteiger partial charge in [-0.05, 0) is 19.9 Å². The molecule has 1 aromatic heterocycles. The van der Waals surface area contributed by atoms with E-state index in [1.165, 1.54) is 19.1 Å². The summed E-state index contributed by atoms with van der Waals surface area (Å²) in [6.07, 6.45) is -1.07. The first-order valence-electron chi connectivity index (χ1n) is 8.84. The number of ether oxygens (including phenoxy) is 2. The fourth-order valence-electron chi connectivity index (χ4n) is 2.94. The topological polar surface area (TPSA) is 96.8 Å². The van der Waals surface area contributed by atoms with Crippen LogP contribution in [0.2, 0.25) is 0 Å². The highest BCUT2D eigenvalue weighted by atomic mass is 19.3. The maximum Gasteiger partial charge on any atom is 0.416 e. The van der Waals surface area contributed by atoms with Crippen LogP contribution in [0.25, 0.3) is 0 Å². The van der Waals surface area contributed by atoms with E-state index in [9.17, 15) is 27.5 Å². The summed E-state index contributed by atoms with van der Waals surface area (Å²) in [5, 5.41) is 12.6. The van der Waals surface area contributed by atoms with E-state index >= 15 is 0 Å². The Morgan fingerprint density at radius 2 is 2.03 bits per heavy atom. The normalized spacial score (nSPS) is 18.3. The van der Waals surface area contributed by atoms with Gasteiger partial charge < -0.3 is 19.9 Å². The van der Waals surface area contributed by atoms with Gasteiger partial charge >= 0.3 is 12.7 Å². The molecule has 1 aromatic carbocycles. The number of cyclic esters (lactones) is 1. The molecule has 2 N–H and O–H groups in total. The summed E-state index contributed by atoms with van der Waals surface area (Å²) in [6.45, 7) is -0.262. The lowest BCUT2D eigenvalue weighted by molar-refractivity contribution is -0.0500. The molecule has 0 saturated carbocycles. The van der Waals surface area contributed by atoms with E-state index in [2.05, 4.69) is 20.0 Å². The van der Waals surface area contributed by atoms with E-state index < -0.39 is 48.3 Å². The Hall–Kier alpha value is -3.15. The van der Waals surface area contributed by atoms with Gasteiger partial charge in [0.1, 0.15) is 24.2 Å². The van der Waals surface area contributed by atoms with E-state index in [4.69, 9.17) is 4.74 Å². The van der Waals surface area contributed by atoms with Gasteiger partial charge in [-0.25, -0.2) is 23.5 Å². The Bertz CT molecular complexity index is 931. The molecule has 1 amide bonds. The van der Waals surface area contributed by atoms with E-state index in [0.29, 0.717) is 0 Å². The van der Waals surface area contributed by atoms with Gasteiger partial charge in [0.2, 0.25) is 5.95 Å². The molecule has 1 saturated heterocycles. The van der Waals surface area contributed by atoms with Crippen molar-refractivity contribution < 1.29 is 36.9 Å². The molecule has 1 aliphatic rings. The van der Waals surface area contributed by atoms with E-state index in [-0.39, 0.29) is 23.9 Å². The van der Waals surface area contributed by atoms with Gasteiger partial charge in [0, 0.05) is 11.6 Å². The molecule has 1 unspecified atom stereocenters. The minimum absolute atomic E-state index is 0.0912. The van der Waals surface area contributed by atoms with Crippen LogP contribution in [-0.2, 0) is 4.74 Å². The first kappa shape index (κ1) is 21.6. The van der Waals surface area contributed by atoms with Crippen molar-refractivity contribution in [3.63, 3.8) is 0 Å². The van der Waals surface area contributed by atoms with Crippen LogP contribution in [0.15, 0.2) is 24.4 Å². The summed E-state index contributed by atoms with van der Waals surface area (Å²) in [7, 11) is 0. The van der Waals surface area contributed by atoms with Gasteiger partial charge in [-0.2, -0.15) is 13.8 Å². The molecule has 0 bridgehead atoms. The third kappa shape index (κ3) is 4.53. The van der Waals surface area contributed by atoms with Crippen molar-refractivity contribution >= 4 is 17.9 Å². The van der Waals surface area contributed by atoms with Crippen molar-refractivity contribution in [3.05, 3.63) is 41.6 Å². The van der Waals surface area contributed by atoms with Crippen molar-refractivity contribution in [2.45, 2.75) is 38.6 Å². The summed E-state index contributed by atoms with van der Waals surface area (Å²) in [5.41, 5.74) is 0.0912. The Morgan fingerprint density at radius 1 is 1.30 bits per heavy atom. The number of halogens is 4. The largest absolute Gasteiger partial charge is 0.447 e. The number of alkyl halides is 2. The maximum atomic E-state index is 14.3. The molecule has 162 valence electrons. The highest BCUT2D eigenvalue weighted by Gasteiger charge is 2.39. The Balaban J connectivity index is 1.82. The molecule has 3 rings (SSSR count). The molecule has 12 heteroatoms. The summed E-state index contributed by atoms with van der Waals surface area (Å²) in [5.74, 6) is -2.61. The zero-order valence-corrected chi connectivity index (χ0v) is 15.9. The van der Waals surface area contributed by atoms with Crippen LogP contribution in [0.5, 0.6) is 5.75 Å². The molecule has 0 aliphatic carbocycles. The van der Waals surface area contributed by atoms with Gasteiger partial charge in [0.05, 0.1) is 18.3 Å². The van der Waals surface area contributed by atoms with Gasteiger partial charge in [-0.3, -0.25) is 0 Å². The van der Waals surface area contributed by atoms with Crippen LogP contribution in [0.1, 0.15) is 25.5 Å². The number of benzene rings is 1. The lowest BCUT2D eigenvalue weighted by Crippen LogP contribution is -2.42. The summed E-state index contributed by atoms with van der Waals surface area (Å²) in [6, 6.07) is 1.64. The number of carbonyl (C=O) groups is 1. The Kier molecular flexibility index (Phi) is 6.25. The molecule has 1 aliphatic heterocycles. The number of anilines is 2. The zero-order valence-electron chi connectivity index (χ0n) is 15.9. The first-order valence-corrected chi connectivity index (χ1v) is 8.84. The number of aliphatic hydroxyl groups is 1. The fourth-order valence-corrected chi connectivity index (χ4v) is 2.94. The van der Waals surface area contributed by atoms with Crippen LogP contribution >= 0.6 is 0 Å². The second-order valence-electron chi connectivity index (χ2n) is 6.55. The molecule has 0 radical (unpaired) electrons. The number of amides is 1. The van der Waals surface area contributed by atoms with Crippen LogP contribution in [0.4, 0.5) is 34.1 Å². The van der Waals surface area contributed by atoms with Crippen molar-refractivity contribution in [1.29, 1.82) is 0 Å².